The Balaban J connectivity index is 1.71. The Hall–Kier alpha value is -1.94. The van der Waals surface area contributed by atoms with Crippen molar-refractivity contribution in [2.45, 2.75) is 11.3 Å². The first kappa shape index (κ1) is 20.4. The third-order valence-electron chi connectivity index (χ3n) is 3.54. The van der Waals surface area contributed by atoms with Gasteiger partial charge in [-0.05, 0) is 53.3 Å². The fourth-order valence-corrected chi connectivity index (χ4v) is 4.16. The topological polar surface area (TPSA) is 92.3 Å². The van der Waals surface area contributed by atoms with E-state index in [2.05, 4.69) is 33.2 Å². The monoisotopic (exact) mass is 486 g/mol. The van der Waals surface area contributed by atoms with Crippen molar-refractivity contribution in [3.63, 3.8) is 0 Å². The molecule has 2 aromatic rings. The Bertz CT molecular complexity index is 870. The first-order chi connectivity index (χ1) is 12.4. The average Bonchev–Trinajstić information content (AvgIpc) is 2.64. The zero-order valence-electron chi connectivity index (χ0n) is 13.9. The van der Waals surface area contributed by atoms with Crippen LogP contribution in [0.25, 0.3) is 0 Å². The summed E-state index contributed by atoms with van der Waals surface area (Å²) in [4.78, 5) is 24.1. The van der Waals surface area contributed by atoms with E-state index < -0.39 is 9.84 Å². The first-order valence-electron chi connectivity index (χ1n) is 7.97. The van der Waals surface area contributed by atoms with Gasteiger partial charge in [-0.1, -0.05) is 30.3 Å². The maximum Gasteiger partial charge on any atom is 0.252 e. The summed E-state index contributed by atoms with van der Waals surface area (Å²) in [5.41, 5.74) is 0.509. The van der Waals surface area contributed by atoms with E-state index >= 15 is 0 Å². The van der Waals surface area contributed by atoms with E-state index in [9.17, 15) is 18.0 Å². The van der Waals surface area contributed by atoms with E-state index in [4.69, 9.17) is 0 Å². The second kappa shape index (κ2) is 9.67. The molecular formula is C18H19IN2O4S. The van der Waals surface area contributed by atoms with Gasteiger partial charge >= 0.3 is 0 Å². The van der Waals surface area contributed by atoms with Crippen LogP contribution in [0.1, 0.15) is 16.8 Å². The summed E-state index contributed by atoms with van der Waals surface area (Å²) in [5.74, 6) is -0.732. The molecule has 0 atom stereocenters. The molecular weight excluding hydrogens is 467 g/mol. The normalized spacial score (nSPS) is 11.0. The van der Waals surface area contributed by atoms with Crippen molar-refractivity contribution in [1.82, 2.24) is 10.6 Å². The molecule has 0 radical (unpaired) electrons. The van der Waals surface area contributed by atoms with E-state index in [0.717, 1.165) is 3.57 Å². The molecule has 0 aromatic heterocycles. The molecule has 138 valence electrons. The Morgan fingerprint density at radius 3 is 2.27 bits per heavy atom. The van der Waals surface area contributed by atoms with E-state index in [-0.39, 0.29) is 35.6 Å². The minimum atomic E-state index is -3.35. The predicted molar refractivity (Wildman–Crippen MR) is 108 cm³/mol. The van der Waals surface area contributed by atoms with E-state index in [1.807, 2.05) is 12.1 Å². The van der Waals surface area contributed by atoms with Crippen molar-refractivity contribution in [2.24, 2.45) is 0 Å². The van der Waals surface area contributed by atoms with Gasteiger partial charge in [-0.2, -0.15) is 0 Å². The van der Waals surface area contributed by atoms with Crippen LogP contribution in [0.2, 0.25) is 0 Å². The molecule has 8 heteroatoms. The summed E-state index contributed by atoms with van der Waals surface area (Å²) in [7, 11) is -3.35. The van der Waals surface area contributed by atoms with Crippen molar-refractivity contribution in [3.05, 3.63) is 63.7 Å². The molecule has 0 unspecified atom stereocenters. The Kier molecular flexibility index (Phi) is 7.58. The highest BCUT2D eigenvalue weighted by Crippen LogP contribution is 2.11. The van der Waals surface area contributed by atoms with Gasteiger partial charge in [0.1, 0.15) is 0 Å². The van der Waals surface area contributed by atoms with Crippen molar-refractivity contribution in [2.75, 3.05) is 18.8 Å². The second-order valence-corrected chi connectivity index (χ2v) is 8.77. The molecule has 0 saturated carbocycles. The number of hydrogen-bond acceptors (Lipinski definition) is 4. The average molecular weight is 486 g/mol. The summed E-state index contributed by atoms with van der Waals surface area (Å²) in [6.07, 6.45) is 0.299. The molecule has 26 heavy (non-hydrogen) atoms. The van der Waals surface area contributed by atoms with Gasteiger partial charge in [0.2, 0.25) is 5.91 Å². The van der Waals surface area contributed by atoms with Gasteiger partial charge < -0.3 is 10.6 Å². The van der Waals surface area contributed by atoms with Crippen molar-refractivity contribution in [3.8, 4) is 0 Å². The minimum Gasteiger partial charge on any atom is -0.355 e. The lowest BCUT2D eigenvalue weighted by atomic mass is 10.2. The fraction of sp³-hybridized carbons (Fsp3) is 0.222. The highest BCUT2D eigenvalue weighted by molar-refractivity contribution is 14.1. The Morgan fingerprint density at radius 1 is 0.923 bits per heavy atom. The third-order valence-corrected chi connectivity index (χ3v) is 6.30. The zero-order chi connectivity index (χ0) is 19.0. The van der Waals surface area contributed by atoms with Crippen LogP contribution < -0.4 is 10.6 Å². The van der Waals surface area contributed by atoms with Crippen LogP contribution in [-0.4, -0.2) is 39.1 Å². The van der Waals surface area contributed by atoms with Crippen LogP contribution in [-0.2, 0) is 14.6 Å². The standard InChI is InChI=1S/C18H19IN2O4S/c19-16-10-5-4-9-15(16)18(23)21-13-17(22)20-11-6-12-26(24,25)14-7-2-1-3-8-14/h1-5,7-10H,6,11-13H2,(H,20,22)(H,21,23). The minimum absolute atomic E-state index is 0.0497. The molecule has 0 heterocycles. The highest BCUT2D eigenvalue weighted by atomic mass is 127. The van der Waals surface area contributed by atoms with E-state index in [0.29, 0.717) is 12.0 Å². The van der Waals surface area contributed by atoms with Crippen LogP contribution in [0.15, 0.2) is 59.5 Å². The molecule has 2 aromatic carbocycles. The summed E-state index contributed by atoms with van der Waals surface area (Å²) in [5, 5.41) is 5.16. The van der Waals surface area contributed by atoms with Crippen LogP contribution >= 0.6 is 22.6 Å². The highest BCUT2D eigenvalue weighted by Gasteiger charge is 2.14. The van der Waals surface area contributed by atoms with Gasteiger partial charge in [0.05, 0.1) is 22.8 Å². The van der Waals surface area contributed by atoms with Gasteiger partial charge in [-0.25, -0.2) is 8.42 Å². The van der Waals surface area contributed by atoms with Crippen LogP contribution in [0.3, 0.4) is 0 Å². The largest absolute Gasteiger partial charge is 0.355 e. The number of amides is 2. The van der Waals surface area contributed by atoms with Gasteiger partial charge in [0.15, 0.2) is 9.84 Å². The number of sulfone groups is 1. The van der Waals surface area contributed by atoms with Gasteiger partial charge in [0.25, 0.3) is 5.91 Å². The van der Waals surface area contributed by atoms with Crippen LogP contribution in [0, 0.1) is 3.57 Å². The Labute approximate surface area is 166 Å². The van der Waals surface area contributed by atoms with Crippen molar-refractivity contribution in [1.29, 1.82) is 0 Å². The molecule has 0 bridgehead atoms. The number of carbonyl (C=O) groups is 2. The molecule has 2 rings (SSSR count). The second-order valence-electron chi connectivity index (χ2n) is 5.50. The molecule has 0 aliphatic rings. The number of halogens is 1. The smallest absolute Gasteiger partial charge is 0.252 e. The SMILES string of the molecule is O=C(CNC(=O)c1ccccc1I)NCCCS(=O)(=O)c1ccccc1. The van der Waals surface area contributed by atoms with Gasteiger partial charge in [0, 0.05) is 10.1 Å². The molecule has 2 N–H and O–H groups in total. The number of carbonyl (C=O) groups excluding carboxylic acids is 2. The molecule has 0 spiro atoms. The van der Waals surface area contributed by atoms with Crippen LogP contribution in [0.4, 0.5) is 0 Å². The molecule has 0 saturated heterocycles. The maximum atomic E-state index is 12.1. The number of rotatable bonds is 8. The number of benzene rings is 2. The fourth-order valence-electron chi connectivity index (χ4n) is 2.20. The van der Waals surface area contributed by atoms with Crippen molar-refractivity contribution >= 4 is 44.2 Å². The molecule has 0 aliphatic carbocycles. The Morgan fingerprint density at radius 2 is 1.58 bits per heavy atom. The molecule has 2 amide bonds. The zero-order valence-corrected chi connectivity index (χ0v) is 16.9. The van der Waals surface area contributed by atoms with Gasteiger partial charge in [-0.15, -0.1) is 0 Å². The lowest BCUT2D eigenvalue weighted by Gasteiger charge is -2.08. The van der Waals surface area contributed by atoms with Crippen molar-refractivity contribution < 1.29 is 18.0 Å². The predicted octanol–water partition coefficient (Wildman–Crippen LogP) is 2.00. The lowest BCUT2D eigenvalue weighted by molar-refractivity contribution is -0.120. The third kappa shape index (κ3) is 6.10. The van der Waals surface area contributed by atoms with E-state index in [1.165, 1.54) is 0 Å². The van der Waals surface area contributed by atoms with E-state index in [1.54, 1.807) is 42.5 Å². The molecule has 0 fully saturated rings. The van der Waals surface area contributed by atoms with Gasteiger partial charge in [-0.3, -0.25) is 9.59 Å². The first-order valence-corrected chi connectivity index (χ1v) is 10.7. The summed E-state index contributed by atoms with van der Waals surface area (Å²) in [6.45, 7) is 0.0683. The summed E-state index contributed by atoms with van der Waals surface area (Å²) >= 11 is 2.05. The number of hydrogen-bond donors (Lipinski definition) is 2. The molecule has 0 aliphatic heterocycles. The lowest BCUT2D eigenvalue weighted by Crippen LogP contribution is -2.37. The van der Waals surface area contributed by atoms with Crippen LogP contribution in [0.5, 0.6) is 0 Å². The maximum absolute atomic E-state index is 12.1. The summed E-state index contributed by atoms with van der Waals surface area (Å²) < 4.78 is 25.0. The number of nitrogens with one attached hydrogen (secondary N) is 2. The summed E-state index contributed by atoms with van der Waals surface area (Å²) in [6, 6.07) is 15.3. The molecule has 6 nitrogen and oxygen atoms in total. The quantitative estimate of drug-likeness (QED) is 0.441.